The molecule has 0 bridgehead atoms. The van der Waals surface area contributed by atoms with Crippen molar-refractivity contribution in [2.24, 2.45) is 7.05 Å². The molecule has 1 fully saturated rings. The Hall–Kier alpha value is -1.86. The number of amides is 1. The van der Waals surface area contributed by atoms with Crippen LogP contribution in [0, 0.1) is 6.92 Å². The molecule has 2 aromatic rings. The number of piperidine rings is 1. The molecule has 1 saturated heterocycles. The standard InChI is InChI=1S/C14H20N6O.ClH/c1-10-8-13(19(2)17-10)16-14(21)12-5-7-20(18-12)11-4-3-6-15-9-11;/h5,7-8,11,15H,3-4,6,9H2,1-2H3,(H,16,21);1H. The molecule has 120 valence electrons. The van der Waals surface area contributed by atoms with Gasteiger partial charge in [-0.05, 0) is 32.4 Å². The minimum atomic E-state index is -0.208. The van der Waals surface area contributed by atoms with Crippen molar-refractivity contribution in [3.05, 3.63) is 29.7 Å². The molecular formula is C14H21ClN6O. The van der Waals surface area contributed by atoms with Crippen molar-refractivity contribution in [1.29, 1.82) is 0 Å². The summed E-state index contributed by atoms with van der Waals surface area (Å²) in [5, 5.41) is 14.8. The molecule has 0 saturated carbocycles. The Bertz CT molecular complexity index is 644. The number of carbonyl (C=O) groups is 1. The predicted molar refractivity (Wildman–Crippen MR) is 86.5 cm³/mol. The Morgan fingerprint density at radius 3 is 2.91 bits per heavy atom. The molecule has 2 aromatic heterocycles. The van der Waals surface area contributed by atoms with E-state index in [9.17, 15) is 4.79 Å². The van der Waals surface area contributed by atoms with E-state index in [0.717, 1.165) is 31.6 Å². The Labute approximate surface area is 135 Å². The first-order valence-electron chi connectivity index (χ1n) is 7.21. The molecule has 1 aliphatic heterocycles. The molecule has 22 heavy (non-hydrogen) atoms. The SMILES string of the molecule is Cc1cc(NC(=O)c2ccn(C3CCCNC3)n2)n(C)n1.Cl. The zero-order valence-electron chi connectivity index (χ0n) is 12.7. The molecule has 1 aliphatic rings. The van der Waals surface area contributed by atoms with Crippen molar-refractivity contribution < 1.29 is 4.79 Å². The minimum Gasteiger partial charge on any atom is -0.315 e. The van der Waals surface area contributed by atoms with E-state index >= 15 is 0 Å². The zero-order chi connectivity index (χ0) is 14.8. The van der Waals surface area contributed by atoms with Gasteiger partial charge in [0, 0.05) is 25.9 Å². The van der Waals surface area contributed by atoms with Gasteiger partial charge in [0.2, 0.25) is 0 Å². The summed E-state index contributed by atoms with van der Waals surface area (Å²) in [5.41, 5.74) is 1.30. The fourth-order valence-electron chi connectivity index (χ4n) is 2.63. The van der Waals surface area contributed by atoms with Crippen LogP contribution in [0.2, 0.25) is 0 Å². The molecule has 1 amide bonds. The molecule has 1 unspecified atom stereocenters. The van der Waals surface area contributed by atoms with Crippen molar-refractivity contribution >= 4 is 24.1 Å². The Morgan fingerprint density at radius 2 is 2.27 bits per heavy atom. The van der Waals surface area contributed by atoms with Gasteiger partial charge < -0.3 is 10.6 Å². The van der Waals surface area contributed by atoms with Crippen molar-refractivity contribution in [3.63, 3.8) is 0 Å². The highest BCUT2D eigenvalue weighted by atomic mass is 35.5. The number of nitrogens with zero attached hydrogens (tertiary/aromatic N) is 4. The van der Waals surface area contributed by atoms with Gasteiger partial charge in [0.15, 0.2) is 5.69 Å². The van der Waals surface area contributed by atoms with Crippen molar-refractivity contribution in [1.82, 2.24) is 24.9 Å². The molecule has 8 heteroatoms. The highest BCUT2D eigenvalue weighted by molar-refractivity contribution is 6.02. The third kappa shape index (κ3) is 3.48. The van der Waals surface area contributed by atoms with Gasteiger partial charge in [-0.25, -0.2) is 0 Å². The Balaban J connectivity index is 0.00000176. The lowest BCUT2D eigenvalue weighted by Crippen LogP contribution is -2.32. The van der Waals surface area contributed by atoms with Crippen LogP contribution in [0.5, 0.6) is 0 Å². The lowest BCUT2D eigenvalue weighted by molar-refractivity contribution is 0.102. The maximum Gasteiger partial charge on any atom is 0.277 e. The van der Waals surface area contributed by atoms with Gasteiger partial charge >= 0.3 is 0 Å². The number of anilines is 1. The largest absolute Gasteiger partial charge is 0.315 e. The average molecular weight is 325 g/mol. The number of aromatic nitrogens is 4. The van der Waals surface area contributed by atoms with Gasteiger partial charge in [0.1, 0.15) is 5.82 Å². The molecule has 0 aliphatic carbocycles. The summed E-state index contributed by atoms with van der Waals surface area (Å²) < 4.78 is 3.53. The molecule has 0 aromatic carbocycles. The molecule has 3 rings (SSSR count). The molecule has 1 atom stereocenters. The van der Waals surface area contributed by atoms with Gasteiger partial charge in [0.05, 0.1) is 11.7 Å². The molecule has 0 radical (unpaired) electrons. The summed E-state index contributed by atoms with van der Waals surface area (Å²) in [6.07, 6.45) is 4.11. The summed E-state index contributed by atoms with van der Waals surface area (Å²) in [7, 11) is 1.80. The maximum absolute atomic E-state index is 12.2. The number of aryl methyl sites for hydroxylation is 2. The number of halogens is 1. The third-order valence-electron chi connectivity index (χ3n) is 3.73. The van der Waals surface area contributed by atoms with Crippen LogP contribution < -0.4 is 10.6 Å². The van der Waals surface area contributed by atoms with E-state index in [2.05, 4.69) is 20.8 Å². The van der Waals surface area contributed by atoms with Crippen LogP contribution in [0.3, 0.4) is 0 Å². The van der Waals surface area contributed by atoms with E-state index in [1.807, 2.05) is 23.9 Å². The fraction of sp³-hybridized carbons (Fsp3) is 0.500. The zero-order valence-corrected chi connectivity index (χ0v) is 13.6. The van der Waals surface area contributed by atoms with Crippen LogP contribution in [-0.4, -0.2) is 38.6 Å². The summed E-state index contributed by atoms with van der Waals surface area (Å²) in [4.78, 5) is 12.2. The molecule has 0 spiro atoms. The quantitative estimate of drug-likeness (QED) is 0.897. The minimum absolute atomic E-state index is 0. The average Bonchev–Trinajstić information content (AvgIpc) is 3.07. The number of hydrogen-bond acceptors (Lipinski definition) is 4. The summed E-state index contributed by atoms with van der Waals surface area (Å²) in [6, 6.07) is 3.92. The summed E-state index contributed by atoms with van der Waals surface area (Å²) >= 11 is 0. The first-order chi connectivity index (χ1) is 10.1. The van der Waals surface area contributed by atoms with Crippen molar-refractivity contribution in [2.45, 2.75) is 25.8 Å². The second-order valence-corrected chi connectivity index (χ2v) is 5.43. The molecular weight excluding hydrogens is 304 g/mol. The van der Waals surface area contributed by atoms with Crippen LogP contribution >= 0.6 is 12.4 Å². The second-order valence-electron chi connectivity index (χ2n) is 5.43. The van der Waals surface area contributed by atoms with Crippen LogP contribution in [0.4, 0.5) is 5.82 Å². The highest BCUT2D eigenvalue weighted by Gasteiger charge is 2.18. The van der Waals surface area contributed by atoms with Gasteiger partial charge in [-0.3, -0.25) is 14.2 Å². The predicted octanol–water partition coefficient (Wildman–Crippen LogP) is 1.52. The Morgan fingerprint density at radius 1 is 1.45 bits per heavy atom. The smallest absolute Gasteiger partial charge is 0.277 e. The molecule has 3 heterocycles. The Kier molecular flexibility index (Phi) is 5.20. The summed E-state index contributed by atoms with van der Waals surface area (Å²) in [6.45, 7) is 3.86. The maximum atomic E-state index is 12.2. The van der Waals surface area contributed by atoms with Gasteiger partial charge in [-0.1, -0.05) is 0 Å². The van der Waals surface area contributed by atoms with E-state index in [1.165, 1.54) is 0 Å². The second kappa shape index (κ2) is 6.93. The monoisotopic (exact) mass is 324 g/mol. The van der Waals surface area contributed by atoms with E-state index in [0.29, 0.717) is 17.6 Å². The topological polar surface area (TPSA) is 76.8 Å². The number of hydrogen-bond donors (Lipinski definition) is 2. The van der Waals surface area contributed by atoms with Crippen molar-refractivity contribution in [2.75, 3.05) is 18.4 Å². The van der Waals surface area contributed by atoms with E-state index < -0.39 is 0 Å². The van der Waals surface area contributed by atoms with E-state index in [4.69, 9.17) is 0 Å². The van der Waals surface area contributed by atoms with Crippen LogP contribution in [0.15, 0.2) is 18.3 Å². The number of nitrogens with one attached hydrogen (secondary N) is 2. The van der Waals surface area contributed by atoms with E-state index in [1.54, 1.807) is 17.8 Å². The normalized spacial score (nSPS) is 17.8. The van der Waals surface area contributed by atoms with Gasteiger partial charge in [0.25, 0.3) is 5.91 Å². The first-order valence-corrected chi connectivity index (χ1v) is 7.21. The number of rotatable bonds is 3. The lowest BCUT2D eigenvalue weighted by atomic mass is 10.1. The van der Waals surface area contributed by atoms with E-state index in [-0.39, 0.29) is 18.3 Å². The van der Waals surface area contributed by atoms with Gasteiger partial charge in [-0.15, -0.1) is 12.4 Å². The highest BCUT2D eigenvalue weighted by Crippen LogP contribution is 2.16. The number of carbonyl (C=O) groups excluding carboxylic acids is 1. The van der Waals surface area contributed by atoms with Crippen LogP contribution in [0.1, 0.15) is 35.1 Å². The third-order valence-corrected chi connectivity index (χ3v) is 3.73. The van der Waals surface area contributed by atoms with Gasteiger partial charge in [-0.2, -0.15) is 10.2 Å². The van der Waals surface area contributed by atoms with Crippen LogP contribution in [0.25, 0.3) is 0 Å². The molecule has 2 N–H and O–H groups in total. The van der Waals surface area contributed by atoms with Crippen molar-refractivity contribution in [3.8, 4) is 0 Å². The lowest BCUT2D eigenvalue weighted by Gasteiger charge is -2.22. The van der Waals surface area contributed by atoms with Crippen LogP contribution in [-0.2, 0) is 7.05 Å². The molecule has 7 nitrogen and oxygen atoms in total. The fourth-order valence-corrected chi connectivity index (χ4v) is 2.63. The first kappa shape index (κ1) is 16.5. The summed E-state index contributed by atoms with van der Waals surface area (Å²) in [5.74, 6) is 0.465.